The molecule has 6 heteroatoms. The number of nitrogens with one attached hydrogen (secondary N) is 1. The number of amides is 1. The van der Waals surface area contributed by atoms with Crippen LogP contribution < -0.4 is 5.32 Å². The Morgan fingerprint density at radius 3 is 2.61 bits per heavy atom. The molecule has 120 valence electrons. The van der Waals surface area contributed by atoms with Gasteiger partial charge >= 0.3 is 0 Å². The number of benzene rings is 1. The smallest absolute Gasteiger partial charge is 0.274 e. The summed E-state index contributed by atoms with van der Waals surface area (Å²) in [5.41, 5.74) is 1.31. The molecule has 0 spiro atoms. The Balaban J connectivity index is 1.67. The van der Waals surface area contributed by atoms with Crippen molar-refractivity contribution in [1.82, 2.24) is 14.9 Å². The summed E-state index contributed by atoms with van der Waals surface area (Å²) in [5, 5.41) is 3.18. The summed E-state index contributed by atoms with van der Waals surface area (Å²) in [7, 11) is 0. The number of hydrogen-bond acceptors (Lipinski definition) is 4. The summed E-state index contributed by atoms with van der Waals surface area (Å²) in [6.45, 7) is 3.83. The van der Waals surface area contributed by atoms with Crippen LogP contribution in [0.1, 0.15) is 30.3 Å². The second kappa shape index (κ2) is 7.08. The molecule has 1 fully saturated rings. The van der Waals surface area contributed by atoms with Gasteiger partial charge in [0.1, 0.15) is 11.5 Å². The Morgan fingerprint density at radius 2 is 1.96 bits per heavy atom. The molecule has 0 unspecified atom stereocenters. The summed E-state index contributed by atoms with van der Waals surface area (Å²) in [6, 6.07) is 7.78. The largest absolute Gasteiger partial charge is 0.338 e. The van der Waals surface area contributed by atoms with Crippen LogP contribution in [0.2, 0.25) is 0 Å². The Labute approximate surface area is 144 Å². The molecular weight excluding hydrogens is 356 g/mol. The third kappa shape index (κ3) is 3.88. The molecule has 2 heterocycles. The van der Waals surface area contributed by atoms with Crippen molar-refractivity contribution in [2.24, 2.45) is 5.92 Å². The number of piperidine rings is 1. The fourth-order valence-electron chi connectivity index (χ4n) is 2.58. The van der Waals surface area contributed by atoms with Crippen molar-refractivity contribution in [1.29, 1.82) is 0 Å². The molecule has 1 aromatic carbocycles. The molecule has 1 aliphatic rings. The van der Waals surface area contributed by atoms with E-state index < -0.39 is 0 Å². The minimum atomic E-state index is -0.0307. The first-order valence-electron chi connectivity index (χ1n) is 7.76. The van der Waals surface area contributed by atoms with Crippen LogP contribution in [0.4, 0.5) is 11.5 Å². The summed E-state index contributed by atoms with van der Waals surface area (Å²) in [4.78, 5) is 22.9. The number of rotatable bonds is 3. The standard InChI is InChI=1S/C17H19BrN4O/c1-12-6-8-22(9-7-12)17(23)15-10-20-16(11-19-15)21-14-5-3-2-4-13(14)18/h2-5,10-12H,6-9H2,1H3,(H,20,21). The molecule has 0 atom stereocenters. The van der Waals surface area contributed by atoms with E-state index in [1.165, 1.54) is 0 Å². The van der Waals surface area contributed by atoms with Crippen molar-refractivity contribution in [3.63, 3.8) is 0 Å². The normalized spacial score (nSPS) is 15.5. The van der Waals surface area contributed by atoms with E-state index in [-0.39, 0.29) is 5.91 Å². The lowest BCUT2D eigenvalue weighted by atomic mass is 9.99. The highest BCUT2D eigenvalue weighted by molar-refractivity contribution is 9.10. The van der Waals surface area contributed by atoms with E-state index in [9.17, 15) is 4.79 Å². The van der Waals surface area contributed by atoms with Gasteiger partial charge in [0, 0.05) is 17.6 Å². The topological polar surface area (TPSA) is 58.1 Å². The monoisotopic (exact) mass is 374 g/mol. The van der Waals surface area contributed by atoms with Crippen LogP contribution in [0.15, 0.2) is 41.1 Å². The zero-order valence-corrected chi connectivity index (χ0v) is 14.6. The number of aromatic nitrogens is 2. The predicted molar refractivity (Wildman–Crippen MR) is 93.8 cm³/mol. The molecule has 1 saturated heterocycles. The summed E-state index contributed by atoms with van der Waals surface area (Å²) in [5.74, 6) is 1.28. The Kier molecular flexibility index (Phi) is 4.91. The van der Waals surface area contributed by atoms with Gasteiger partial charge in [-0.3, -0.25) is 4.79 Å². The quantitative estimate of drug-likeness (QED) is 0.885. The maximum absolute atomic E-state index is 12.4. The van der Waals surface area contributed by atoms with Crippen LogP contribution >= 0.6 is 15.9 Å². The fourth-order valence-corrected chi connectivity index (χ4v) is 2.96. The summed E-state index contributed by atoms with van der Waals surface area (Å²) < 4.78 is 0.949. The van der Waals surface area contributed by atoms with Crippen molar-refractivity contribution in [2.75, 3.05) is 18.4 Å². The Bertz CT molecular complexity index is 681. The summed E-state index contributed by atoms with van der Waals surface area (Å²) >= 11 is 3.48. The van der Waals surface area contributed by atoms with E-state index in [1.807, 2.05) is 29.2 Å². The zero-order chi connectivity index (χ0) is 16.2. The lowest BCUT2D eigenvalue weighted by Gasteiger charge is -2.29. The van der Waals surface area contributed by atoms with Crippen LogP contribution in [0.25, 0.3) is 0 Å². The molecule has 2 aromatic rings. The predicted octanol–water partition coefficient (Wildman–Crippen LogP) is 3.85. The van der Waals surface area contributed by atoms with Gasteiger partial charge in [0.25, 0.3) is 5.91 Å². The van der Waals surface area contributed by atoms with E-state index in [0.717, 1.165) is 36.1 Å². The van der Waals surface area contributed by atoms with Gasteiger partial charge < -0.3 is 10.2 Å². The molecule has 0 aliphatic carbocycles. The lowest BCUT2D eigenvalue weighted by Crippen LogP contribution is -2.38. The average molecular weight is 375 g/mol. The molecule has 0 bridgehead atoms. The molecule has 1 N–H and O–H groups in total. The zero-order valence-electron chi connectivity index (χ0n) is 13.0. The molecule has 5 nitrogen and oxygen atoms in total. The minimum Gasteiger partial charge on any atom is -0.338 e. The van der Waals surface area contributed by atoms with Crippen molar-refractivity contribution in [3.05, 3.63) is 46.8 Å². The maximum atomic E-state index is 12.4. The number of hydrogen-bond donors (Lipinski definition) is 1. The summed E-state index contributed by atoms with van der Waals surface area (Å²) in [6.07, 6.45) is 5.25. The molecule has 1 amide bonds. The molecule has 0 saturated carbocycles. The highest BCUT2D eigenvalue weighted by Gasteiger charge is 2.22. The van der Waals surface area contributed by atoms with E-state index in [4.69, 9.17) is 0 Å². The Morgan fingerprint density at radius 1 is 1.22 bits per heavy atom. The number of para-hydroxylation sites is 1. The van der Waals surface area contributed by atoms with Crippen LogP contribution in [0, 0.1) is 5.92 Å². The SMILES string of the molecule is CC1CCN(C(=O)c2cnc(Nc3ccccc3Br)cn2)CC1. The maximum Gasteiger partial charge on any atom is 0.274 e. The molecule has 1 aliphatic heterocycles. The minimum absolute atomic E-state index is 0.0307. The third-order valence-corrected chi connectivity index (χ3v) is 4.77. The number of carbonyl (C=O) groups is 1. The van der Waals surface area contributed by atoms with Crippen LogP contribution in [0.5, 0.6) is 0 Å². The number of carbonyl (C=O) groups excluding carboxylic acids is 1. The van der Waals surface area contributed by atoms with Crippen molar-refractivity contribution in [3.8, 4) is 0 Å². The van der Waals surface area contributed by atoms with Gasteiger partial charge in [-0.2, -0.15) is 0 Å². The molecular formula is C17H19BrN4O. The highest BCUT2D eigenvalue weighted by atomic mass is 79.9. The van der Waals surface area contributed by atoms with E-state index in [2.05, 4.69) is 38.1 Å². The van der Waals surface area contributed by atoms with E-state index in [1.54, 1.807) is 12.4 Å². The number of nitrogens with zero attached hydrogens (tertiary/aromatic N) is 3. The van der Waals surface area contributed by atoms with Gasteiger partial charge in [-0.05, 0) is 46.8 Å². The lowest BCUT2D eigenvalue weighted by molar-refractivity contribution is 0.0691. The first-order valence-corrected chi connectivity index (χ1v) is 8.55. The van der Waals surface area contributed by atoms with Crippen molar-refractivity contribution in [2.45, 2.75) is 19.8 Å². The van der Waals surface area contributed by atoms with Crippen LogP contribution in [-0.2, 0) is 0 Å². The fraction of sp³-hybridized carbons (Fsp3) is 0.353. The van der Waals surface area contributed by atoms with Gasteiger partial charge in [0.2, 0.25) is 0 Å². The number of anilines is 2. The second-order valence-corrected chi connectivity index (χ2v) is 6.72. The molecule has 3 rings (SSSR count). The average Bonchev–Trinajstić information content (AvgIpc) is 2.58. The van der Waals surface area contributed by atoms with Gasteiger partial charge in [-0.25, -0.2) is 9.97 Å². The number of halogens is 1. The second-order valence-electron chi connectivity index (χ2n) is 5.87. The van der Waals surface area contributed by atoms with E-state index >= 15 is 0 Å². The van der Waals surface area contributed by atoms with Crippen LogP contribution in [0.3, 0.4) is 0 Å². The van der Waals surface area contributed by atoms with Gasteiger partial charge in [0.05, 0.1) is 18.1 Å². The van der Waals surface area contributed by atoms with Crippen molar-refractivity contribution >= 4 is 33.3 Å². The first-order chi connectivity index (χ1) is 11.1. The first kappa shape index (κ1) is 15.9. The van der Waals surface area contributed by atoms with Gasteiger partial charge in [0.15, 0.2) is 0 Å². The molecule has 0 radical (unpaired) electrons. The van der Waals surface area contributed by atoms with E-state index in [0.29, 0.717) is 17.4 Å². The van der Waals surface area contributed by atoms with Gasteiger partial charge in [-0.15, -0.1) is 0 Å². The van der Waals surface area contributed by atoms with Crippen LogP contribution in [-0.4, -0.2) is 33.9 Å². The molecule has 23 heavy (non-hydrogen) atoms. The highest BCUT2D eigenvalue weighted by Crippen LogP contribution is 2.24. The number of likely N-dealkylation sites (tertiary alicyclic amines) is 1. The third-order valence-electron chi connectivity index (χ3n) is 4.08. The van der Waals surface area contributed by atoms with Gasteiger partial charge in [-0.1, -0.05) is 19.1 Å². The molecule has 1 aromatic heterocycles. The van der Waals surface area contributed by atoms with Crippen molar-refractivity contribution < 1.29 is 4.79 Å². The Hall–Kier alpha value is -1.95.